The number of carbonyl (C=O) groups excluding carboxylic acids is 1. The van der Waals surface area contributed by atoms with Gasteiger partial charge in [0.25, 0.3) is 5.91 Å². The molecular formula is C15H16Cl2N4O2. The molecule has 1 aliphatic heterocycles. The summed E-state index contributed by atoms with van der Waals surface area (Å²) in [5.41, 5.74) is 0.517. The molecule has 0 atom stereocenters. The molecule has 1 fully saturated rings. The zero-order valence-electron chi connectivity index (χ0n) is 12.6. The van der Waals surface area contributed by atoms with Gasteiger partial charge in [0.15, 0.2) is 5.82 Å². The minimum absolute atomic E-state index is 0.0531. The van der Waals surface area contributed by atoms with Gasteiger partial charge >= 0.3 is 0 Å². The predicted molar refractivity (Wildman–Crippen MR) is 86.7 cm³/mol. The van der Waals surface area contributed by atoms with E-state index in [9.17, 15) is 4.79 Å². The van der Waals surface area contributed by atoms with E-state index < -0.39 is 0 Å². The third-order valence-electron chi connectivity index (χ3n) is 3.70. The lowest BCUT2D eigenvalue weighted by Crippen LogP contribution is -2.48. The van der Waals surface area contributed by atoms with Gasteiger partial charge < -0.3 is 9.42 Å². The van der Waals surface area contributed by atoms with Crippen molar-refractivity contribution < 1.29 is 9.32 Å². The number of carbonyl (C=O) groups is 1. The van der Waals surface area contributed by atoms with Crippen molar-refractivity contribution in [2.45, 2.75) is 13.5 Å². The van der Waals surface area contributed by atoms with Crippen LogP contribution >= 0.6 is 23.2 Å². The fourth-order valence-corrected chi connectivity index (χ4v) is 3.09. The van der Waals surface area contributed by atoms with Gasteiger partial charge in [0.1, 0.15) is 0 Å². The molecule has 122 valence electrons. The summed E-state index contributed by atoms with van der Waals surface area (Å²) in [6.07, 6.45) is 0. The first kappa shape index (κ1) is 16.2. The van der Waals surface area contributed by atoms with E-state index in [1.807, 2.05) is 0 Å². The first-order valence-corrected chi connectivity index (χ1v) is 8.04. The molecule has 0 aliphatic carbocycles. The molecule has 1 aliphatic rings. The Kier molecular flexibility index (Phi) is 4.84. The Morgan fingerprint density at radius 1 is 1.17 bits per heavy atom. The zero-order valence-corrected chi connectivity index (χ0v) is 14.1. The van der Waals surface area contributed by atoms with Gasteiger partial charge in [0.05, 0.1) is 6.54 Å². The SMILES string of the molecule is Cc1noc(CN2CCN(C(=O)c3cc(Cl)cc(Cl)c3)CC2)n1. The smallest absolute Gasteiger partial charge is 0.254 e. The van der Waals surface area contributed by atoms with Crippen LogP contribution in [-0.4, -0.2) is 52.0 Å². The molecule has 0 N–H and O–H groups in total. The van der Waals surface area contributed by atoms with Crippen molar-refractivity contribution in [3.8, 4) is 0 Å². The van der Waals surface area contributed by atoms with E-state index in [2.05, 4.69) is 15.0 Å². The molecule has 2 aromatic rings. The summed E-state index contributed by atoms with van der Waals surface area (Å²) in [5, 5.41) is 4.71. The average molecular weight is 355 g/mol. The van der Waals surface area contributed by atoms with E-state index in [1.165, 1.54) is 0 Å². The fraction of sp³-hybridized carbons (Fsp3) is 0.400. The second kappa shape index (κ2) is 6.86. The Morgan fingerprint density at radius 2 is 1.83 bits per heavy atom. The molecule has 2 heterocycles. The van der Waals surface area contributed by atoms with E-state index in [0.717, 1.165) is 13.1 Å². The second-order valence-electron chi connectivity index (χ2n) is 5.46. The fourth-order valence-electron chi connectivity index (χ4n) is 2.56. The van der Waals surface area contributed by atoms with Crippen molar-refractivity contribution in [3.05, 3.63) is 45.5 Å². The topological polar surface area (TPSA) is 62.5 Å². The van der Waals surface area contributed by atoms with Gasteiger partial charge in [0.2, 0.25) is 5.89 Å². The number of aryl methyl sites for hydroxylation is 1. The minimum Gasteiger partial charge on any atom is -0.338 e. The van der Waals surface area contributed by atoms with Gasteiger partial charge in [-0.05, 0) is 25.1 Å². The molecule has 1 aromatic carbocycles. The standard InChI is InChI=1S/C15H16Cl2N4O2/c1-10-18-14(23-19-10)9-20-2-4-21(5-3-20)15(22)11-6-12(16)8-13(17)7-11/h6-8H,2-5,9H2,1H3. The maximum atomic E-state index is 12.5. The molecule has 1 aromatic heterocycles. The van der Waals surface area contributed by atoms with Crippen LogP contribution in [0.3, 0.4) is 0 Å². The second-order valence-corrected chi connectivity index (χ2v) is 6.33. The van der Waals surface area contributed by atoms with Crippen molar-refractivity contribution in [1.82, 2.24) is 19.9 Å². The summed E-state index contributed by atoms with van der Waals surface area (Å²) in [6, 6.07) is 4.90. The normalized spacial score (nSPS) is 15.9. The van der Waals surface area contributed by atoms with Crippen LogP contribution in [0, 0.1) is 6.92 Å². The highest BCUT2D eigenvalue weighted by Gasteiger charge is 2.23. The van der Waals surface area contributed by atoms with E-state index >= 15 is 0 Å². The Labute approximate surface area is 144 Å². The molecule has 6 nitrogen and oxygen atoms in total. The first-order chi connectivity index (χ1) is 11.0. The minimum atomic E-state index is -0.0531. The Morgan fingerprint density at radius 3 is 2.39 bits per heavy atom. The van der Waals surface area contributed by atoms with Crippen molar-refractivity contribution in [3.63, 3.8) is 0 Å². The first-order valence-electron chi connectivity index (χ1n) is 7.28. The molecule has 3 rings (SSSR count). The highest BCUT2D eigenvalue weighted by Crippen LogP contribution is 2.21. The van der Waals surface area contributed by atoms with E-state index in [0.29, 0.717) is 47.0 Å². The number of nitrogens with zero attached hydrogens (tertiary/aromatic N) is 4. The van der Waals surface area contributed by atoms with E-state index in [-0.39, 0.29) is 5.91 Å². The van der Waals surface area contributed by atoms with Gasteiger partial charge in [-0.1, -0.05) is 28.4 Å². The van der Waals surface area contributed by atoms with Crippen molar-refractivity contribution in [2.75, 3.05) is 26.2 Å². The number of hydrogen-bond acceptors (Lipinski definition) is 5. The molecule has 1 saturated heterocycles. The number of rotatable bonds is 3. The van der Waals surface area contributed by atoms with Crippen molar-refractivity contribution in [1.29, 1.82) is 0 Å². The Balaban J connectivity index is 1.58. The van der Waals surface area contributed by atoms with Crippen LogP contribution in [0.5, 0.6) is 0 Å². The average Bonchev–Trinajstić information content (AvgIpc) is 2.91. The summed E-state index contributed by atoms with van der Waals surface area (Å²) < 4.78 is 5.12. The molecule has 0 radical (unpaired) electrons. The third kappa shape index (κ3) is 4.02. The van der Waals surface area contributed by atoms with Crippen molar-refractivity contribution >= 4 is 29.1 Å². The van der Waals surface area contributed by atoms with Crippen LogP contribution in [0.25, 0.3) is 0 Å². The highest BCUT2D eigenvalue weighted by atomic mass is 35.5. The van der Waals surface area contributed by atoms with Gasteiger partial charge in [0, 0.05) is 41.8 Å². The maximum Gasteiger partial charge on any atom is 0.254 e. The van der Waals surface area contributed by atoms with Crippen LogP contribution in [0.15, 0.2) is 22.7 Å². The predicted octanol–water partition coefficient (Wildman–Crippen LogP) is 2.64. The lowest BCUT2D eigenvalue weighted by atomic mass is 10.2. The van der Waals surface area contributed by atoms with E-state index in [1.54, 1.807) is 30.0 Å². The molecule has 23 heavy (non-hydrogen) atoms. The molecule has 8 heteroatoms. The quantitative estimate of drug-likeness (QED) is 0.847. The van der Waals surface area contributed by atoms with Crippen LogP contribution in [0.1, 0.15) is 22.1 Å². The number of aromatic nitrogens is 2. The van der Waals surface area contributed by atoms with Crippen LogP contribution in [0.2, 0.25) is 10.0 Å². The molecule has 0 unspecified atom stereocenters. The summed E-state index contributed by atoms with van der Waals surface area (Å²) in [4.78, 5) is 20.7. The molecule has 0 saturated carbocycles. The molecule has 0 spiro atoms. The molecule has 0 bridgehead atoms. The van der Waals surface area contributed by atoms with Gasteiger partial charge in [-0.25, -0.2) is 0 Å². The summed E-state index contributed by atoms with van der Waals surface area (Å²) >= 11 is 11.9. The number of piperazine rings is 1. The monoisotopic (exact) mass is 354 g/mol. The van der Waals surface area contributed by atoms with Gasteiger partial charge in [-0.3, -0.25) is 9.69 Å². The zero-order chi connectivity index (χ0) is 16.4. The molecular weight excluding hydrogens is 339 g/mol. The van der Waals surface area contributed by atoms with E-state index in [4.69, 9.17) is 27.7 Å². The van der Waals surface area contributed by atoms with Crippen LogP contribution in [0.4, 0.5) is 0 Å². The lowest BCUT2D eigenvalue weighted by Gasteiger charge is -2.34. The Hall–Kier alpha value is -1.63. The summed E-state index contributed by atoms with van der Waals surface area (Å²) in [6.45, 7) is 5.17. The number of halogens is 2. The summed E-state index contributed by atoms with van der Waals surface area (Å²) in [7, 11) is 0. The Bertz CT molecular complexity index is 691. The van der Waals surface area contributed by atoms with Gasteiger partial charge in [-0.2, -0.15) is 4.98 Å². The number of hydrogen-bond donors (Lipinski definition) is 0. The third-order valence-corrected chi connectivity index (χ3v) is 4.13. The molecule has 1 amide bonds. The number of benzene rings is 1. The van der Waals surface area contributed by atoms with Gasteiger partial charge in [-0.15, -0.1) is 0 Å². The highest BCUT2D eigenvalue weighted by molar-refractivity contribution is 6.35. The summed E-state index contributed by atoms with van der Waals surface area (Å²) in [5.74, 6) is 1.18. The maximum absolute atomic E-state index is 12.5. The van der Waals surface area contributed by atoms with Crippen LogP contribution in [-0.2, 0) is 6.54 Å². The van der Waals surface area contributed by atoms with Crippen LogP contribution < -0.4 is 0 Å². The number of amides is 1. The largest absolute Gasteiger partial charge is 0.338 e. The van der Waals surface area contributed by atoms with Crippen molar-refractivity contribution in [2.24, 2.45) is 0 Å². The lowest BCUT2D eigenvalue weighted by molar-refractivity contribution is 0.0615.